The Hall–Kier alpha value is -3.13. The first kappa shape index (κ1) is 20.2. The highest BCUT2D eigenvalue weighted by molar-refractivity contribution is 5.64. The van der Waals surface area contributed by atoms with E-state index in [2.05, 4.69) is 15.7 Å². The van der Waals surface area contributed by atoms with Crippen LogP contribution in [-0.2, 0) is 11.3 Å². The molecule has 0 radical (unpaired) electrons. The Morgan fingerprint density at radius 2 is 1.67 bits per heavy atom. The fraction of sp³-hybridized carbons (Fsp3) is 0.273. The Morgan fingerprint density at radius 3 is 2.33 bits per heavy atom. The van der Waals surface area contributed by atoms with Gasteiger partial charge in [-0.05, 0) is 29.8 Å². The number of hydrogen-bond donors (Lipinski definition) is 0. The summed E-state index contributed by atoms with van der Waals surface area (Å²) in [5, 5.41) is 4.74. The van der Waals surface area contributed by atoms with E-state index >= 15 is 0 Å². The fourth-order valence-electron chi connectivity index (χ4n) is 3.33. The molecule has 0 atom stereocenters. The van der Waals surface area contributed by atoms with Gasteiger partial charge < -0.3 is 14.4 Å². The molecular weight excluding hydrogens is 395 g/mol. The van der Waals surface area contributed by atoms with Crippen LogP contribution in [0.2, 0.25) is 0 Å². The lowest BCUT2D eigenvalue weighted by atomic mass is 10.1. The topological polar surface area (TPSA) is 38.5 Å². The number of nitrogens with zero attached hydrogens (tertiary/aromatic N) is 3. The van der Waals surface area contributed by atoms with Gasteiger partial charge in [0.1, 0.15) is 5.75 Å². The SMILES string of the molecule is FC(F)(F)Oc1ccc(C[n+]2cc(-c3ccccc3)cc(N3CCOCC3)n2)cc1. The van der Waals surface area contributed by atoms with Gasteiger partial charge in [0.15, 0.2) is 12.4 Å². The van der Waals surface area contributed by atoms with Crippen LogP contribution >= 0.6 is 0 Å². The Bertz CT molecular complexity index is 973. The summed E-state index contributed by atoms with van der Waals surface area (Å²) in [6.45, 7) is 3.24. The van der Waals surface area contributed by atoms with Crippen molar-refractivity contribution in [3.63, 3.8) is 0 Å². The largest absolute Gasteiger partial charge is 0.573 e. The molecule has 0 aliphatic carbocycles. The number of hydrogen-bond acceptors (Lipinski definition) is 4. The van der Waals surface area contributed by atoms with Gasteiger partial charge in [0, 0.05) is 29.8 Å². The quantitative estimate of drug-likeness (QED) is 0.593. The number of morpholine rings is 1. The average molecular weight is 416 g/mol. The molecular formula is C22H21F3N3O2+. The van der Waals surface area contributed by atoms with Crippen molar-refractivity contribution in [1.29, 1.82) is 0 Å². The van der Waals surface area contributed by atoms with Crippen molar-refractivity contribution in [2.24, 2.45) is 0 Å². The standard InChI is InChI=1S/C22H21F3N3O2/c23-22(24,25)30-20-8-6-17(7-9-20)15-28-16-19(18-4-2-1-3-5-18)14-21(26-28)27-10-12-29-13-11-27/h1-9,14,16H,10-13,15H2/q+1. The second-order valence-corrected chi connectivity index (χ2v) is 6.94. The zero-order valence-corrected chi connectivity index (χ0v) is 16.2. The van der Waals surface area contributed by atoms with Crippen molar-refractivity contribution >= 4 is 5.82 Å². The highest BCUT2D eigenvalue weighted by atomic mass is 19.4. The molecule has 156 valence electrons. The third-order valence-electron chi connectivity index (χ3n) is 4.75. The van der Waals surface area contributed by atoms with Crippen LogP contribution in [0.15, 0.2) is 66.9 Å². The summed E-state index contributed by atoms with van der Waals surface area (Å²) in [7, 11) is 0. The zero-order valence-electron chi connectivity index (χ0n) is 16.2. The van der Waals surface area contributed by atoms with E-state index in [9.17, 15) is 13.2 Å². The van der Waals surface area contributed by atoms with Crippen molar-refractivity contribution in [3.8, 4) is 16.9 Å². The Morgan fingerprint density at radius 1 is 0.967 bits per heavy atom. The molecule has 1 saturated heterocycles. The maximum Gasteiger partial charge on any atom is 0.573 e. The van der Waals surface area contributed by atoms with Crippen LogP contribution in [0.25, 0.3) is 11.1 Å². The molecule has 1 fully saturated rings. The summed E-state index contributed by atoms with van der Waals surface area (Å²) in [6.07, 6.45) is -2.76. The van der Waals surface area contributed by atoms with Gasteiger partial charge in [0.25, 0.3) is 0 Å². The van der Waals surface area contributed by atoms with Gasteiger partial charge in [-0.3, -0.25) is 0 Å². The molecule has 0 spiro atoms. The first-order valence-electron chi connectivity index (χ1n) is 9.61. The van der Waals surface area contributed by atoms with Crippen molar-refractivity contribution < 1.29 is 27.3 Å². The molecule has 3 aromatic rings. The Kier molecular flexibility index (Phi) is 5.85. The molecule has 0 unspecified atom stereocenters. The minimum Gasteiger partial charge on any atom is -0.406 e. The summed E-state index contributed by atoms with van der Waals surface area (Å²) < 4.78 is 48.3. The molecule has 4 rings (SSSR count). The molecule has 1 aromatic heterocycles. The van der Waals surface area contributed by atoms with Gasteiger partial charge in [-0.15, -0.1) is 13.2 Å². The highest BCUT2D eigenvalue weighted by Crippen LogP contribution is 2.24. The van der Waals surface area contributed by atoms with E-state index in [0.29, 0.717) is 19.8 Å². The molecule has 2 aromatic carbocycles. The molecule has 0 N–H and O–H groups in total. The number of ether oxygens (including phenoxy) is 2. The van der Waals surface area contributed by atoms with Crippen LogP contribution in [0.4, 0.5) is 19.0 Å². The molecule has 0 bridgehead atoms. The van der Waals surface area contributed by atoms with Gasteiger partial charge in [0.2, 0.25) is 6.20 Å². The van der Waals surface area contributed by atoms with Gasteiger partial charge in [-0.25, -0.2) is 0 Å². The van der Waals surface area contributed by atoms with Crippen LogP contribution < -0.4 is 14.3 Å². The fourth-order valence-corrected chi connectivity index (χ4v) is 3.33. The number of rotatable bonds is 5. The average Bonchev–Trinajstić information content (AvgIpc) is 2.75. The minimum absolute atomic E-state index is 0.240. The third kappa shape index (κ3) is 5.27. The van der Waals surface area contributed by atoms with Crippen LogP contribution in [-0.4, -0.2) is 37.8 Å². The second kappa shape index (κ2) is 8.71. The molecule has 1 aliphatic heterocycles. The lowest BCUT2D eigenvalue weighted by molar-refractivity contribution is -0.744. The molecule has 5 nitrogen and oxygen atoms in total. The van der Waals surface area contributed by atoms with E-state index in [0.717, 1.165) is 35.6 Å². The smallest absolute Gasteiger partial charge is 0.406 e. The van der Waals surface area contributed by atoms with E-state index in [1.54, 1.807) is 12.1 Å². The normalized spacial score (nSPS) is 14.6. The van der Waals surface area contributed by atoms with Gasteiger partial charge >= 0.3 is 6.36 Å². The predicted molar refractivity (Wildman–Crippen MR) is 105 cm³/mol. The molecule has 30 heavy (non-hydrogen) atoms. The second-order valence-electron chi connectivity index (χ2n) is 6.94. The summed E-state index contributed by atoms with van der Waals surface area (Å²) in [5.41, 5.74) is 2.90. The number of benzene rings is 2. The van der Waals surface area contributed by atoms with Gasteiger partial charge in [0.05, 0.1) is 18.8 Å². The number of aromatic nitrogens is 2. The minimum atomic E-state index is -4.70. The summed E-state index contributed by atoms with van der Waals surface area (Å²) in [5.74, 6) is 0.605. The Balaban J connectivity index is 1.61. The third-order valence-corrected chi connectivity index (χ3v) is 4.75. The van der Waals surface area contributed by atoms with Crippen LogP contribution in [0.3, 0.4) is 0 Å². The zero-order chi connectivity index (χ0) is 21.0. The number of halogens is 3. The van der Waals surface area contributed by atoms with Crippen molar-refractivity contribution in [2.75, 3.05) is 31.2 Å². The first-order valence-corrected chi connectivity index (χ1v) is 9.61. The summed E-state index contributed by atoms with van der Waals surface area (Å²) in [4.78, 5) is 2.17. The van der Waals surface area contributed by atoms with Crippen LogP contribution in [0.1, 0.15) is 5.56 Å². The first-order chi connectivity index (χ1) is 14.5. The molecule has 0 amide bonds. The van der Waals surface area contributed by atoms with Crippen molar-refractivity contribution in [3.05, 3.63) is 72.4 Å². The molecule has 2 heterocycles. The molecule has 0 saturated carbocycles. The lowest BCUT2D eigenvalue weighted by Gasteiger charge is -2.26. The lowest BCUT2D eigenvalue weighted by Crippen LogP contribution is -2.43. The van der Waals surface area contributed by atoms with E-state index in [1.165, 1.54) is 12.1 Å². The van der Waals surface area contributed by atoms with Gasteiger partial charge in [-0.2, -0.15) is 0 Å². The van der Waals surface area contributed by atoms with E-state index in [-0.39, 0.29) is 5.75 Å². The van der Waals surface area contributed by atoms with Crippen molar-refractivity contribution in [1.82, 2.24) is 5.10 Å². The van der Waals surface area contributed by atoms with Crippen LogP contribution in [0, 0.1) is 0 Å². The van der Waals surface area contributed by atoms with Crippen LogP contribution in [0.5, 0.6) is 5.75 Å². The van der Waals surface area contributed by atoms with Crippen molar-refractivity contribution in [2.45, 2.75) is 12.9 Å². The number of alkyl halides is 3. The van der Waals surface area contributed by atoms with E-state index < -0.39 is 6.36 Å². The predicted octanol–water partition coefficient (Wildman–Crippen LogP) is 3.82. The maximum atomic E-state index is 12.4. The monoisotopic (exact) mass is 416 g/mol. The summed E-state index contributed by atoms with van der Waals surface area (Å²) >= 11 is 0. The summed E-state index contributed by atoms with van der Waals surface area (Å²) in [6, 6.07) is 17.9. The highest BCUT2D eigenvalue weighted by Gasteiger charge is 2.31. The van der Waals surface area contributed by atoms with E-state index in [4.69, 9.17) is 9.84 Å². The maximum absolute atomic E-state index is 12.4. The number of anilines is 1. The molecule has 8 heteroatoms. The van der Waals surface area contributed by atoms with Gasteiger partial charge in [-0.1, -0.05) is 35.0 Å². The molecule has 1 aliphatic rings. The van der Waals surface area contributed by atoms with E-state index in [1.807, 2.05) is 41.2 Å². The Labute approximate surface area is 172 Å².